The molecule has 1 heterocycles. The van der Waals surface area contributed by atoms with Gasteiger partial charge in [0.05, 0.1) is 0 Å². The van der Waals surface area contributed by atoms with Gasteiger partial charge in [0.15, 0.2) is 0 Å². The maximum atomic E-state index is 6.69. The summed E-state index contributed by atoms with van der Waals surface area (Å²) in [6.45, 7) is 3.78. The van der Waals surface area contributed by atoms with Gasteiger partial charge in [-0.3, -0.25) is 4.99 Å². The quantitative estimate of drug-likeness (QED) is 0.187. The zero-order valence-corrected chi connectivity index (χ0v) is 21.3. The highest BCUT2D eigenvalue weighted by molar-refractivity contribution is 6.25. The highest BCUT2D eigenvalue weighted by Crippen LogP contribution is 2.38. The van der Waals surface area contributed by atoms with E-state index in [2.05, 4.69) is 115 Å². The van der Waals surface area contributed by atoms with Gasteiger partial charge < -0.3 is 5.73 Å². The van der Waals surface area contributed by atoms with Crippen molar-refractivity contribution in [3.63, 3.8) is 0 Å². The van der Waals surface area contributed by atoms with E-state index in [0.717, 1.165) is 12.0 Å². The van der Waals surface area contributed by atoms with Gasteiger partial charge in [0.25, 0.3) is 0 Å². The lowest BCUT2D eigenvalue weighted by atomic mass is 9.88. The van der Waals surface area contributed by atoms with Crippen LogP contribution in [0.4, 0.5) is 0 Å². The molecule has 1 aliphatic heterocycles. The topological polar surface area (TPSA) is 38.4 Å². The molecule has 0 aliphatic carbocycles. The van der Waals surface area contributed by atoms with E-state index >= 15 is 0 Å². The Labute approximate surface area is 223 Å². The van der Waals surface area contributed by atoms with Crippen LogP contribution >= 0.6 is 0 Å². The van der Waals surface area contributed by atoms with E-state index in [1.165, 1.54) is 49.0 Å². The number of aliphatic imine (C=N–C) groups is 1. The van der Waals surface area contributed by atoms with Gasteiger partial charge in [0.2, 0.25) is 0 Å². The molecule has 0 aromatic heterocycles. The van der Waals surface area contributed by atoms with Gasteiger partial charge >= 0.3 is 0 Å². The first-order chi connectivity index (χ1) is 18.7. The Kier molecular flexibility index (Phi) is 6.56. The minimum atomic E-state index is -0.111. The SMILES string of the molecule is C=CC=CCC(N)c1cc(-c2ccc3c4ccccc4c4ccccc4c3c2)cc(C2C=CC=CN=C2)c1. The molecule has 0 radical (unpaired) electrons. The van der Waals surface area contributed by atoms with Gasteiger partial charge in [-0.25, -0.2) is 0 Å². The molecule has 5 aromatic rings. The van der Waals surface area contributed by atoms with Gasteiger partial charge in [0, 0.05) is 24.4 Å². The largest absolute Gasteiger partial charge is 0.324 e. The molecule has 2 nitrogen and oxygen atoms in total. The lowest BCUT2D eigenvalue weighted by Crippen LogP contribution is -2.10. The van der Waals surface area contributed by atoms with Crippen molar-refractivity contribution in [2.75, 3.05) is 0 Å². The molecule has 0 saturated heterocycles. The Hall–Kier alpha value is -4.53. The predicted octanol–water partition coefficient (Wildman–Crippen LogP) is 9.18. The molecule has 2 unspecified atom stereocenters. The van der Waals surface area contributed by atoms with Crippen LogP contribution in [0.2, 0.25) is 0 Å². The first-order valence-electron chi connectivity index (χ1n) is 13.1. The zero-order chi connectivity index (χ0) is 25.9. The van der Waals surface area contributed by atoms with Crippen molar-refractivity contribution in [2.24, 2.45) is 10.7 Å². The molecule has 0 amide bonds. The molecule has 6 rings (SSSR count). The standard InChI is InChI=1S/C36H30N2/c1-2-3-4-16-36(37)29-21-27(20-28(22-29)26-11-9-10-19-38-24-26)25-17-18-34-32-14-6-5-12-30(32)31-13-7-8-15-33(31)35(34)23-25/h2-15,17-24,26,36H,1,16,37H2. The summed E-state index contributed by atoms with van der Waals surface area (Å²) in [6, 6.07) is 30.9. The normalized spacial score (nSPS) is 16.0. The van der Waals surface area contributed by atoms with Gasteiger partial charge in [-0.1, -0.05) is 110 Å². The Morgan fingerprint density at radius 3 is 2.16 bits per heavy atom. The second-order valence-electron chi connectivity index (χ2n) is 9.80. The monoisotopic (exact) mass is 490 g/mol. The van der Waals surface area contributed by atoms with E-state index in [1.807, 2.05) is 24.6 Å². The van der Waals surface area contributed by atoms with Crippen LogP contribution in [0.25, 0.3) is 43.4 Å². The summed E-state index contributed by atoms with van der Waals surface area (Å²) in [5, 5.41) is 7.67. The second kappa shape index (κ2) is 10.5. The van der Waals surface area contributed by atoms with Gasteiger partial charge in [-0.15, -0.1) is 0 Å². The number of fused-ring (bicyclic) bond motifs is 6. The average Bonchev–Trinajstić information content (AvgIpc) is 3.27. The average molecular weight is 491 g/mol. The fraction of sp³-hybridized carbons (Fsp3) is 0.0833. The zero-order valence-electron chi connectivity index (χ0n) is 21.3. The van der Waals surface area contributed by atoms with Gasteiger partial charge in [-0.2, -0.15) is 0 Å². The van der Waals surface area contributed by atoms with Crippen LogP contribution in [0.1, 0.15) is 29.5 Å². The molecule has 5 aromatic carbocycles. The van der Waals surface area contributed by atoms with Crippen LogP contribution in [0, 0.1) is 0 Å². The molecule has 0 saturated carbocycles. The van der Waals surface area contributed by atoms with Gasteiger partial charge in [0.1, 0.15) is 0 Å². The lowest BCUT2D eigenvalue weighted by molar-refractivity contribution is 0.739. The van der Waals surface area contributed by atoms with Crippen molar-refractivity contribution in [1.82, 2.24) is 0 Å². The van der Waals surface area contributed by atoms with Crippen molar-refractivity contribution >= 4 is 38.5 Å². The first-order valence-corrected chi connectivity index (χ1v) is 13.1. The predicted molar refractivity (Wildman–Crippen MR) is 165 cm³/mol. The second-order valence-corrected chi connectivity index (χ2v) is 9.80. The Morgan fingerprint density at radius 2 is 1.45 bits per heavy atom. The summed E-state index contributed by atoms with van der Waals surface area (Å²) in [7, 11) is 0. The Balaban J connectivity index is 1.55. The third-order valence-corrected chi connectivity index (χ3v) is 7.38. The van der Waals surface area contributed by atoms with Crippen molar-refractivity contribution in [3.8, 4) is 11.1 Å². The van der Waals surface area contributed by atoms with Crippen molar-refractivity contribution in [1.29, 1.82) is 0 Å². The summed E-state index contributed by atoms with van der Waals surface area (Å²) in [5.41, 5.74) is 11.3. The molecule has 184 valence electrons. The Morgan fingerprint density at radius 1 is 0.763 bits per heavy atom. The molecule has 38 heavy (non-hydrogen) atoms. The summed E-state index contributed by atoms with van der Waals surface area (Å²) in [6.07, 6.45) is 16.6. The molecule has 0 spiro atoms. The maximum Gasteiger partial charge on any atom is 0.0376 e. The Bertz CT molecular complexity index is 1730. The molecule has 2 heteroatoms. The number of nitrogens with two attached hydrogens (primary N) is 1. The number of hydrogen-bond acceptors (Lipinski definition) is 2. The fourth-order valence-corrected chi connectivity index (χ4v) is 5.47. The van der Waals surface area contributed by atoms with E-state index in [4.69, 9.17) is 5.73 Å². The third-order valence-electron chi connectivity index (χ3n) is 7.38. The lowest BCUT2D eigenvalue weighted by Gasteiger charge is -2.18. The van der Waals surface area contributed by atoms with E-state index in [1.54, 1.807) is 6.08 Å². The fourth-order valence-electron chi connectivity index (χ4n) is 5.47. The summed E-state index contributed by atoms with van der Waals surface area (Å²) in [4.78, 5) is 4.45. The molecule has 2 atom stereocenters. The first kappa shape index (κ1) is 23.8. The molecule has 2 N–H and O–H groups in total. The molecule has 1 aliphatic rings. The van der Waals surface area contributed by atoms with Crippen molar-refractivity contribution < 1.29 is 0 Å². The molecular formula is C36H30N2. The van der Waals surface area contributed by atoms with E-state index in [-0.39, 0.29) is 12.0 Å². The van der Waals surface area contributed by atoms with E-state index < -0.39 is 0 Å². The van der Waals surface area contributed by atoms with Gasteiger partial charge in [-0.05, 0) is 79.2 Å². The van der Waals surface area contributed by atoms with Crippen LogP contribution < -0.4 is 5.73 Å². The minimum absolute atomic E-state index is 0.0878. The number of benzene rings is 5. The van der Waals surface area contributed by atoms with E-state index in [0.29, 0.717) is 0 Å². The summed E-state index contributed by atoms with van der Waals surface area (Å²) in [5.74, 6) is 0.0878. The molecule has 0 bridgehead atoms. The highest BCUT2D eigenvalue weighted by atomic mass is 14.7. The number of hydrogen-bond donors (Lipinski definition) is 1. The highest BCUT2D eigenvalue weighted by Gasteiger charge is 2.15. The number of rotatable bonds is 6. The molecule has 0 fully saturated rings. The summed E-state index contributed by atoms with van der Waals surface area (Å²) >= 11 is 0. The van der Waals surface area contributed by atoms with Crippen LogP contribution in [-0.2, 0) is 0 Å². The third kappa shape index (κ3) is 4.51. The van der Waals surface area contributed by atoms with Crippen LogP contribution in [0.3, 0.4) is 0 Å². The minimum Gasteiger partial charge on any atom is -0.324 e. The van der Waals surface area contributed by atoms with Crippen molar-refractivity contribution in [3.05, 3.63) is 145 Å². The van der Waals surface area contributed by atoms with E-state index in [9.17, 15) is 0 Å². The van der Waals surface area contributed by atoms with Crippen LogP contribution in [0.5, 0.6) is 0 Å². The number of nitrogens with zero attached hydrogens (tertiary/aromatic N) is 1. The van der Waals surface area contributed by atoms with Crippen molar-refractivity contribution in [2.45, 2.75) is 18.4 Å². The van der Waals surface area contributed by atoms with Crippen LogP contribution in [0.15, 0.2) is 139 Å². The summed E-state index contributed by atoms with van der Waals surface area (Å²) < 4.78 is 0. The molecular weight excluding hydrogens is 460 g/mol. The maximum absolute atomic E-state index is 6.69. The van der Waals surface area contributed by atoms with Crippen LogP contribution in [-0.4, -0.2) is 6.21 Å². The smallest absolute Gasteiger partial charge is 0.0376 e. The number of allylic oxidation sites excluding steroid dienone is 5.